The molecule has 0 aliphatic heterocycles. The van der Waals surface area contributed by atoms with Gasteiger partial charge < -0.3 is 9.47 Å². The number of para-hydroxylation sites is 2. The predicted octanol–water partition coefficient (Wildman–Crippen LogP) is 4.59. The van der Waals surface area contributed by atoms with Crippen LogP contribution in [0.1, 0.15) is 25.0 Å². The van der Waals surface area contributed by atoms with Crippen molar-refractivity contribution in [3.05, 3.63) is 59.7 Å². The van der Waals surface area contributed by atoms with Crippen LogP contribution in [0.5, 0.6) is 11.5 Å². The number of ether oxygens (including phenoxy) is 2. The number of likely N-dealkylation sites (N-methyl/N-ethyl adjacent to an activating group) is 1. The van der Waals surface area contributed by atoms with Crippen molar-refractivity contribution in [3.63, 3.8) is 0 Å². The molecule has 0 fully saturated rings. The standard InChI is InChI=1S/C21H27NO2/c1-5-22(6-2)16-18(19-12-8-10-14-21(19)24-4)15-17-11-7-9-13-20(17)23-3/h7-15H,5-6,16H2,1-4H3/b18-15+. The van der Waals surface area contributed by atoms with Crippen molar-refractivity contribution >= 4 is 11.6 Å². The van der Waals surface area contributed by atoms with Crippen molar-refractivity contribution in [1.82, 2.24) is 4.90 Å². The Balaban J connectivity index is 2.52. The van der Waals surface area contributed by atoms with Gasteiger partial charge in [0.2, 0.25) is 0 Å². The highest BCUT2D eigenvalue weighted by atomic mass is 16.5. The number of methoxy groups -OCH3 is 2. The predicted molar refractivity (Wildman–Crippen MR) is 102 cm³/mol. The Hall–Kier alpha value is -2.26. The number of nitrogens with zero attached hydrogens (tertiary/aromatic N) is 1. The van der Waals surface area contributed by atoms with Crippen LogP contribution in [-0.4, -0.2) is 38.8 Å². The second-order valence-corrected chi connectivity index (χ2v) is 5.57. The monoisotopic (exact) mass is 325 g/mol. The molecule has 0 saturated carbocycles. The lowest BCUT2D eigenvalue weighted by Gasteiger charge is -2.22. The molecule has 0 aliphatic carbocycles. The largest absolute Gasteiger partial charge is 0.496 e. The third kappa shape index (κ3) is 4.39. The van der Waals surface area contributed by atoms with E-state index in [4.69, 9.17) is 9.47 Å². The summed E-state index contributed by atoms with van der Waals surface area (Å²) >= 11 is 0. The van der Waals surface area contributed by atoms with Gasteiger partial charge in [-0.05, 0) is 36.9 Å². The van der Waals surface area contributed by atoms with Crippen molar-refractivity contribution in [2.75, 3.05) is 33.9 Å². The van der Waals surface area contributed by atoms with E-state index in [0.717, 1.165) is 42.3 Å². The lowest BCUT2D eigenvalue weighted by molar-refractivity contribution is 0.342. The van der Waals surface area contributed by atoms with Crippen LogP contribution in [0.25, 0.3) is 11.6 Å². The summed E-state index contributed by atoms with van der Waals surface area (Å²) in [6, 6.07) is 16.3. The molecule has 0 radical (unpaired) electrons. The zero-order chi connectivity index (χ0) is 17.4. The molecule has 0 spiro atoms. The Morgan fingerprint density at radius 1 is 0.875 bits per heavy atom. The molecule has 3 heteroatoms. The van der Waals surface area contributed by atoms with Gasteiger partial charge in [0.15, 0.2) is 0 Å². The first-order valence-electron chi connectivity index (χ1n) is 8.42. The van der Waals surface area contributed by atoms with E-state index in [9.17, 15) is 0 Å². The second kappa shape index (κ2) is 9.14. The summed E-state index contributed by atoms with van der Waals surface area (Å²) in [5, 5.41) is 0. The van der Waals surface area contributed by atoms with Crippen LogP contribution in [0.4, 0.5) is 0 Å². The molecular formula is C21H27NO2. The zero-order valence-corrected chi connectivity index (χ0v) is 15.1. The quantitative estimate of drug-likeness (QED) is 0.663. The van der Waals surface area contributed by atoms with E-state index in [0.29, 0.717) is 0 Å². The molecule has 0 saturated heterocycles. The van der Waals surface area contributed by atoms with Crippen molar-refractivity contribution in [3.8, 4) is 11.5 Å². The van der Waals surface area contributed by atoms with E-state index in [1.807, 2.05) is 30.3 Å². The highest BCUT2D eigenvalue weighted by molar-refractivity contribution is 5.86. The first-order chi connectivity index (χ1) is 11.7. The average Bonchev–Trinajstić information content (AvgIpc) is 2.65. The summed E-state index contributed by atoms with van der Waals surface area (Å²) in [5.41, 5.74) is 3.42. The minimum Gasteiger partial charge on any atom is -0.496 e. The van der Waals surface area contributed by atoms with Crippen LogP contribution in [0.3, 0.4) is 0 Å². The summed E-state index contributed by atoms with van der Waals surface area (Å²) in [4.78, 5) is 2.40. The molecule has 0 amide bonds. The lowest BCUT2D eigenvalue weighted by atomic mass is 10.0. The molecule has 0 bridgehead atoms. The molecule has 3 nitrogen and oxygen atoms in total. The maximum Gasteiger partial charge on any atom is 0.126 e. The molecule has 0 heterocycles. The van der Waals surface area contributed by atoms with Gasteiger partial charge in [0.1, 0.15) is 11.5 Å². The molecule has 2 aromatic rings. The number of benzene rings is 2. The molecule has 0 atom stereocenters. The Morgan fingerprint density at radius 3 is 2.08 bits per heavy atom. The number of hydrogen-bond acceptors (Lipinski definition) is 3. The molecular weight excluding hydrogens is 298 g/mol. The SMILES string of the molecule is CCN(CC)C/C(=C\c1ccccc1OC)c1ccccc1OC. The van der Waals surface area contributed by atoms with Gasteiger partial charge in [-0.1, -0.05) is 50.2 Å². The fraction of sp³-hybridized carbons (Fsp3) is 0.333. The molecule has 2 rings (SSSR count). The highest BCUT2D eigenvalue weighted by Gasteiger charge is 2.12. The first kappa shape index (κ1) is 18.1. The highest BCUT2D eigenvalue weighted by Crippen LogP contribution is 2.30. The van der Waals surface area contributed by atoms with Crippen molar-refractivity contribution < 1.29 is 9.47 Å². The van der Waals surface area contributed by atoms with Crippen molar-refractivity contribution in [2.45, 2.75) is 13.8 Å². The smallest absolute Gasteiger partial charge is 0.126 e. The molecule has 0 N–H and O–H groups in total. The minimum absolute atomic E-state index is 0.866. The maximum atomic E-state index is 5.58. The summed E-state index contributed by atoms with van der Waals surface area (Å²) < 4.78 is 11.1. The lowest BCUT2D eigenvalue weighted by Crippen LogP contribution is -2.25. The van der Waals surface area contributed by atoms with Crippen molar-refractivity contribution in [1.29, 1.82) is 0 Å². The summed E-state index contributed by atoms with van der Waals surface area (Å²) in [6.07, 6.45) is 2.20. The minimum atomic E-state index is 0.866. The fourth-order valence-electron chi connectivity index (χ4n) is 2.78. The Labute approximate surface area is 145 Å². The number of hydrogen-bond donors (Lipinski definition) is 0. The zero-order valence-electron chi connectivity index (χ0n) is 15.1. The van der Waals surface area contributed by atoms with E-state index in [2.05, 4.69) is 43.0 Å². The molecule has 128 valence electrons. The normalized spacial score (nSPS) is 11.6. The Morgan fingerprint density at radius 2 is 1.46 bits per heavy atom. The first-order valence-corrected chi connectivity index (χ1v) is 8.42. The molecule has 0 unspecified atom stereocenters. The third-order valence-corrected chi connectivity index (χ3v) is 4.21. The maximum absolute atomic E-state index is 5.58. The van der Waals surface area contributed by atoms with Gasteiger partial charge in [0.25, 0.3) is 0 Å². The van der Waals surface area contributed by atoms with Gasteiger partial charge in [-0.25, -0.2) is 0 Å². The molecule has 2 aromatic carbocycles. The summed E-state index contributed by atoms with van der Waals surface area (Å²) in [7, 11) is 3.43. The number of rotatable bonds is 8. The van der Waals surface area contributed by atoms with Gasteiger partial charge in [0.05, 0.1) is 14.2 Å². The Kier molecular flexibility index (Phi) is 6.89. The van der Waals surface area contributed by atoms with Crippen LogP contribution >= 0.6 is 0 Å². The van der Waals surface area contributed by atoms with Gasteiger partial charge >= 0.3 is 0 Å². The van der Waals surface area contributed by atoms with Gasteiger partial charge in [-0.3, -0.25) is 4.90 Å². The van der Waals surface area contributed by atoms with E-state index in [1.54, 1.807) is 14.2 Å². The van der Waals surface area contributed by atoms with Gasteiger partial charge in [0, 0.05) is 17.7 Å². The van der Waals surface area contributed by atoms with Crippen LogP contribution < -0.4 is 9.47 Å². The van der Waals surface area contributed by atoms with Gasteiger partial charge in [-0.2, -0.15) is 0 Å². The van der Waals surface area contributed by atoms with E-state index >= 15 is 0 Å². The van der Waals surface area contributed by atoms with E-state index in [-0.39, 0.29) is 0 Å². The van der Waals surface area contributed by atoms with Crippen LogP contribution in [0.2, 0.25) is 0 Å². The fourth-order valence-corrected chi connectivity index (χ4v) is 2.78. The van der Waals surface area contributed by atoms with Crippen molar-refractivity contribution in [2.24, 2.45) is 0 Å². The summed E-state index contributed by atoms with van der Waals surface area (Å²) in [5.74, 6) is 1.77. The average molecular weight is 325 g/mol. The summed E-state index contributed by atoms with van der Waals surface area (Å²) in [6.45, 7) is 7.26. The third-order valence-electron chi connectivity index (χ3n) is 4.21. The topological polar surface area (TPSA) is 21.7 Å². The molecule has 0 aliphatic rings. The second-order valence-electron chi connectivity index (χ2n) is 5.57. The van der Waals surface area contributed by atoms with Crippen LogP contribution in [0.15, 0.2) is 48.5 Å². The molecule has 24 heavy (non-hydrogen) atoms. The van der Waals surface area contributed by atoms with E-state index in [1.165, 1.54) is 5.57 Å². The van der Waals surface area contributed by atoms with E-state index < -0.39 is 0 Å². The molecule has 0 aromatic heterocycles. The van der Waals surface area contributed by atoms with Gasteiger partial charge in [-0.15, -0.1) is 0 Å². The van der Waals surface area contributed by atoms with Crippen LogP contribution in [-0.2, 0) is 0 Å². The Bertz CT molecular complexity index is 675. The van der Waals surface area contributed by atoms with Crippen LogP contribution in [0, 0.1) is 0 Å².